The van der Waals surface area contributed by atoms with Crippen molar-refractivity contribution < 1.29 is 33.3 Å². The number of ether oxygens (including phenoxy) is 4. The van der Waals surface area contributed by atoms with Gasteiger partial charge in [-0.2, -0.15) is 0 Å². The van der Waals surface area contributed by atoms with Gasteiger partial charge in [0.2, 0.25) is 5.91 Å². The molecule has 0 bridgehead atoms. The fourth-order valence-corrected chi connectivity index (χ4v) is 3.85. The lowest BCUT2D eigenvalue weighted by Crippen LogP contribution is -2.14. The van der Waals surface area contributed by atoms with Gasteiger partial charge in [0.25, 0.3) is 0 Å². The van der Waals surface area contributed by atoms with Crippen LogP contribution in [0.15, 0.2) is 18.2 Å². The Balaban J connectivity index is 2.16. The van der Waals surface area contributed by atoms with Crippen LogP contribution in [0.5, 0.6) is 11.5 Å². The van der Waals surface area contributed by atoms with Gasteiger partial charge in [-0.05, 0) is 36.6 Å². The molecule has 0 aliphatic heterocycles. The molecule has 0 fully saturated rings. The van der Waals surface area contributed by atoms with E-state index in [9.17, 15) is 14.4 Å². The van der Waals surface area contributed by atoms with Crippen LogP contribution < -0.4 is 14.8 Å². The van der Waals surface area contributed by atoms with Gasteiger partial charge in [-0.15, -0.1) is 11.3 Å². The summed E-state index contributed by atoms with van der Waals surface area (Å²) in [6.45, 7) is 1.61. The third-order valence-electron chi connectivity index (χ3n) is 4.25. The molecule has 1 aromatic heterocycles. The quantitative estimate of drug-likeness (QED) is 0.653. The van der Waals surface area contributed by atoms with Crippen LogP contribution in [0.2, 0.25) is 0 Å². The number of anilines is 1. The van der Waals surface area contributed by atoms with Crippen LogP contribution >= 0.6 is 11.3 Å². The number of aryl methyl sites for hydroxylation is 1. The van der Waals surface area contributed by atoms with E-state index in [-0.39, 0.29) is 27.8 Å². The first-order valence-electron chi connectivity index (χ1n) is 8.67. The Hall–Kier alpha value is -3.07. The lowest BCUT2D eigenvalue weighted by Gasteiger charge is -2.10. The van der Waals surface area contributed by atoms with Crippen molar-refractivity contribution in [1.29, 1.82) is 0 Å². The zero-order chi connectivity index (χ0) is 21.6. The molecule has 1 heterocycles. The molecule has 8 nitrogen and oxygen atoms in total. The third-order valence-corrected chi connectivity index (χ3v) is 5.44. The smallest absolute Gasteiger partial charge is 0.348 e. The normalized spacial score (nSPS) is 10.2. The summed E-state index contributed by atoms with van der Waals surface area (Å²) in [5, 5.41) is 2.96. The van der Waals surface area contributed by atoms with Crippen molar-refractivity contribution in [2.45, 2.75) is 19.8 Å². The largest absolute Gasteiger partial charge is 0.493 e. The van der Waals surface area contributed by atoms with E-state index >= 15 is 0 Å². The van der Waals surface area contributed by atoms with E-state index in [2.05, 4.69) is 5.32 Å². The number of amides is 1. The van der Waals surface area contributed by atoms with Crippen LogP contribution in [-0.2, 0) is 20.7 Å². The first kappa shape index (κ1) is 22.2. The van der Waals surface area contributed by atoms with Crippen molar-refractivity contribution in [3.63, 3.8) is 0 Å². The molecule has 9 heteroatoms. The second kappa shape index (κ2) is 9.92. The Kier molecular flexibility index (Phi) is 7.60. The van der Waals surface area contributed by atoms with E-state index in [0.29, 0.717) is 23.5 Å². The summed E-state index contributed by atoms with van der Waals surface area (Å²) in [6, 6.07) is 5.42. The molecular weight excluding hydrogens is 398 g/mol. The third kappa shape index (κ3) is 5.05. The lowest BCUT2D eigenvalue weighted by atomic mass is 10.1. The highest BCUT2D eigenvalue weighted by Crippen LogP contribution is 2.34. The minimum absolute atomic E-state index is 0.150. The maximum atomic E-state index is 12.5. The second-order valence-corrected chi connectivity index (χ2v) is 7.00. The van der Waals surface area contributed by atoms with Crippen molar-refractivity contribution in [1.82, 2.24) is 0 Å². The fraction of sp³-hybridized carbons (Fsp3) is 0.350. The number of nitrogens with one attached hydrogen (secondary N) is 1. The number of carbonyl (C=O) groups excluding carboxylic acids is 3. The molecule has 0 saturated heterocycles. The van der Waals surface area contributed by atoms with Gasteiger partial charge in [0.1, 0.15) is 9.88 Å². The molecule has 0 aliphatic rings. The number of methoxy groups -OCH3 is 4. The molecule has 1 aromatic carbocycles. The molecule has 0 aliphatic carbocycles. The average Bonchev–Trinajstić information content (AvgIpc) is 3.06. The number of rotatable bonds is 8. The summed E-state index contributed by atoms with van der Waals surface area (Å²) in [5.41, 5.74) is 1.45. The van der Waals surface area contributed by atoms with Gasteiger partial charge in [0, 0.05) is 6.42 Å². The number of hydrogen-bond acceptors (Lipinski definition) is 8. The number of thiophene rings is 1. The monoisotopic (exact) mass is 421 g/mol. The van der Waals surface area contributed by atoms with Crippen LogP contribution in [0, 0.1) is 6.92 Å². The Labute approximate surface area is 172 Å². The van der Waals surface area contributed by atoms with Crippen LogP contribution in [0.25, 0.3) is 0 Å². The molecule has 156 valence electrons. The van der Waals surface area contributed by atoms with Crippen LogP contribution in [0.1, 0.15) is 37.6 Å². The molecule has 0 saturated carbocycles. The van der Waals surface area contributed by atoms with E-state index in [0.717, 1.165) is 16.9 Å². The van der Waals surface area contributed by atoms with E-state index in [1.807, 2.05) is 6.07 Å². The van der Waals surface area contributed by atoms with E-state index in [4.69, 9.17) is 18.9 Å². The van der Waals surface area contributed by atoms with Gasteiger partial charge in [0.15, 0.2) is 11.5 Å². The maximum absolute atomic E-state index is 12.5. The molecule has 0 atom stereocenters. The Morgan fingerprint density at radius 2 is 1.62 bits per heavy atom. The Bertz CT molecular complexity index is 920. The first-order chi connectivity index (χ1) is 13.9. The maximum Gasteiger partial charge on any atom is 0.348 e. The zero-order valence-corrected chi connectivity index (χ0v) is 17.7. The van der Waals surface area contributed by atoms with Crippen LogP contribution in [0.4, 0.5) is 5.00 Å². The minimum Gasteiger partial charge on any atom is -0.493 e. The highest BCUT2D eigenvalue weighted by Gasteiger charge is 2.26. The molecule has 1 N–H and O–H groups in total. The molecule has 1 amide bonds. The molecule has 0 radical (unpaired) electrons. The fourth-order valence-electron chi connectivity index (χ4n) is 2.72. The van der Waals surface area contributed by atoms with Gasteiger partial charge >= 0.3 is 11.9 Å². The van der Waals surface area contributed by atoms with Gasteiger partial charge in [-0.25, -0.2) is 9.59 Å². The minimum atomic E-state index is -0.635. The van der Waals surface area contributed by atoms with Gasteiger partial charge < -0.3 is 24.3 Å². The average molecular weight is 421 g/mol. The van der Waals surface area contributed by atoms with Crippen LogP contribution in [-0.4, -0.2) is 46.3 Å². The van der Waals surface area contributed by atoms with E-state index in [1.165, 1.54) is 14.2 Å². The number of esters is 2. The highest BCUT2D eigenvalue weighted by atomic mass is 32.1. The van der Waals surface area contributed by atoms with Crippen molar-refractivity contribution >= 4 is 34.2 Å². The Morgan fingerprint density at radius 1 is 0.966 bits per heavy atom. The first-order valence-corrected chi connectivity index (χ1v) is 9.48. The summed E-state index contributed by atoms with van der Waals surface area (Å²) in [6.07, 6.45) is 0.620. The summed E-state index contributed by atoms with van der Waals surface area (Å²) in [7, 11) is 5.58. The van der Waals surface area contributed by atoms with Gasteiger partial charge in [-0.3, -0.25) is 4.79 Å². The predicted octanol–water partition coefficient (Wildman–Crippen LogP) is 3.22. The molecule has 0 spiro atoms. The van der Waals surface area contributed by atoms with Crippen LogP contribution in [0.3, 0.4) is 0 Å². The Morgan fingerprint density at radius 3 is 2.21 bits per heavy atom. The lowest BCUT2D eigenvalue weighted by molar-refractivity contribution is -0.116. The highest BCUT2D eigenvalue weighted by molar-refractivity contribution is 7.18. The van der Waals surface area contributed by atoms with Crippen molar-refractivity contribution in [3.8, 4) is 11.5 Å². The van der Waals surface area contributed by atoms with Crippen molar-refractivity contribution in [3.05, 3.63) is 39.8 Å². The van der Waals surface area contributed by atoms with E-state index < -0.39 is 11.9 Å². The molecule has 2 rings (SSSR count). The zero-order valence-electron chi connectivity index (χ0n) is 16.9. The second-order valence-electron chi connectivity index (χ2n) is 5.98. The summed E-state index contributed by atoms with van der Waals surface area (Å²) in [4.78, 5) is 36.7. The van der Waals surface area contributed by atoms with Crippen molar-refractivity contribution in [2.75, 3.05) is 33.8 Å². The summed E-state index contributed by atoms with van der Waals surface area (Å²) < 4.78 is 20.0. The molecule has 2 aromatic rings. The SMILES string of the molecule is COC(=O)c1sc(NC(=O)CCc2ccc(OC)c(OC)c2)c(C(=O)OC)c1C. The standard InChI is InChI=1S/C20H23NO7S/c1-11-16(19(23)27-4)18(29-17(11)20(24)28-5)21-15(22)9-7-12-6-8-13(25-2)14(10-12)26-3/h6,8,10H,7,9H2,1-5H3,(H,21,22). The topological polar surface area (TPSA) is 100 Å². The molecule has 0 unspecified atom stereocenters. The molecule has 29 heavy (non-hydrogen) atoms. The van der Waals surface area contributed by atoms with E-state index in [1.54, 1.807) is 33.3 Å². The number of hydrogen-bond donors (Lipinski definition) is 1. The molecular formula is C20H23NO7S. The summed E-state index contributed by atoms with van der Waals surface area (Å²) in [5.74, 6) is -0.335. The van der Waals surface area contributed by atoms with Crippen molar-refractivity contribution in [2.24, 2.45) is 0 Å². The number of benzene rings is 1. The van der Waals surface area contributed by atoms with Gasteiger partial charge in [0.05, 0.1) is 34.0 Å². The summed E-state index contributed by atoms with van der Waals surface area (Å²) >= 11 is 0.980. The van der Waals surface area contributed by atoms with Gasteiger partial charge in [-0.1, -0.05) is 6.07 Å². The number of carbonyl (C=O) groups is 3. The predicted molar refractivity (Wildman–Crippen MR) is 108 cm³/mol.